The van der Waals surface area contributed by atoms with Gasteiger partial charge in [-0.25, -0.2) is 0 Å². The lowest BCUT2D eigenvalue weighted by Gasteiger charge is -2.39. The molecule has 1 fully saturated rings. The molecule has 1 N–H and O–H groups in total. The predicted molar refractivity (Wildman–Crippen MR) is 90.5 cm³/mol. The van der Waals surface area contributed by atoms with Crippen LogP contribution < -0.4 is 0 Å². The van der Waals surface area contributed by atoms with Crippen LogP contribution in [0.5, 0.6) is 0 Å². The second kappa shape index (κ2) is 6.19. The molecule has 0 aromatic heterocycles. The molecule has 2 aliphatic heterocycles. The number of hydrogen-bond acceptors (Lipinski definition) is 4. The van der Waals surface area contributed by atoms with Gasteiger partial charge in [-0.2, -0.15) is 11.8 Å². The van der Waals surface area contributed by atoms with Crippen molar-refractivity contribution in [3.05, 3.63) is 35.6 Å². The Hall–Kier alpha value is -0.710. The third kappa shape index (κ3) is 3.22. The average Bonchev–Trinajstić information content (AvgIpc) is 2.88. The van der Waals surface area contributed by atoms with Crippen molar-refractivity contribution in [2.75, 3.05) is 38.7 Å². The van der Waals surface area contributed by atoms with E-state index in [9.17, 15) is 5.11 Å². The minimum Gasteiger partial charge on any atom is -0.385 e. The first-order chi connectivity index (χ1) is 10.1. The van der Waals surface area contributed by atoms with Crippen molar-refractivity contribution in [3.8, 4) is 0 Å². The highest BCUT2D eigenvalue weighted by atomic mass is 32.2. The highest BCUT2D eigenvalue weighted by molar-refractivity contribution is 7.99. The van der Waals surface area contributed by atoms with Crippen molar-refractivity contribution in [2.45, 2.75) is 30.9 Å². The number of hydrogen-bond donors (Lipinski definition) is 1. The summed E-state index contributed by atoms with van der Waals surface area (Å²) in [5.74, 6) is 2.16. The highest BCUT2D eigenvalue weighted by Crippen LogP contribution is 2.40. The quantitative estimate of drug-likeness (QED) is 0.862. The molecule has 21 heavy (non-hydrogen) atoms. The molecule has 116 valence electrons. The lowest BCUT2D eigenvalue weighted by Crippen LogP contribution is -2.41. The smallest absolute Gasteiger partial charge is 0.0876 e. The molecule has 0 aromatic carbocycles. The molecule has 2 heterocycles. The van der Waals surface area contributed by atoms with Crippen molar-refractivity contribution in [3.63, 3.8) is 0 Å². The highest BCUT2D eigenvalue weighted by Gasteiger charge is 2.37. The maximum absolute atomic E-state index is 11.0. The van der Waals surface area contributed by atoms with Crippen LogP contribution in [0.1, 0.15) is 19.3 Å². The van der Waals surface area contributed by atoms with Gasteiger partial charge in [0.25, 0.3) is 0 Å². The Kier molecular flexibility index (Phi) is 4.48. The summed E-state index contributed by atoms with van der Waals surface area (Å²) in [4.78, 5) is 4.65. The molecule has 3 nitrogen and oxygen atoms in total. The minimum absolute atomic E-state index is 0.434. The Bertz CT molecular complexity index is 475. The summed E-state index contributed by atoms with van der Waals surface area (Å²) in [5, 5.41) is 11.0. The summed E-state index contributed by atoms with van der Waals surface area (Å²) in [7, 11) is 4.23. The molecule has 4 heteroatoms. The van der Waals surface area contributed by atoms with Crippen LogP contribution in [0.3, 0.4) is 0 Å². The molecule has 0 amide bonds. The zero-order chi connectivity index (χ0) is 14.9. The molecule has 3 aliphatic rings. The van der Waals surface area contributed by atoms with Crippen molar-refractivity contribution in [1.82, 2.24) is 9.80 Å². The van der Waals surface area contributed by atoms with E-state index in [2.05, 4.69) is 48.3 Å². The van der Waals surface area contributed by atoms with Crippen LogP contribution in [-0.2, 0) is 0 Å². The van der Waals surface area contributed by atoms with Gasteiger partial charge >= 0.3 is 0 Å². The summed E-state index contributed by atoms with van der Waals surface area (Å²) in [6.07, 6.45) is 11.6. The summed E-state index contributed by atoms with van der Waals surface area (Å²) in [6, 6.07) is 0.434. The van der Waals surface area contributed by atoms with E-state index in [4.69, 9.17) is 0 Å². The number of nitrogens with zero attached hydrogens (tertiary/aromatic N) is 2. The molecule has 1 unspecified atom stereocenters. The van der Waals surface area contributed by atoms with E-state index >= 15 is 0 Å². The fourth-order valence-electron chi connectivity index (χ4n) is 3.38. The molecular weight excluding hydrogens is 280 g/mol. The van der Waals surface area contributed by atoms with Crippen LogP contribution in [0.2, 0.25) is 0 Å². The van der Waals surface area contributed by atoms with Crippen molar-refractivity contribution in [2.24, 2.45) is 0 Å². The van der Waals surface area contributed by atoms with Gasteiger partial charge in [-0.3, -0.25) is 0 Å². The molecule has 0 aromatic rings. The first-order valence-electron chi connectivity index (χ1n) is 7.88. The fraction of sp³-hybridized carbons (Fsp3) is 0.647. The number of aliphatic hydroxyl groups is 1. The van der Waals surface area contributed by atoms with E-state index in [-0.39, 0.29) is 0 Å². The van der Waals surface area contributed by atoms with Gasteiger partial charge in [0, 0.05) is 19.3 Å². The normalized spacial score (nSPS) is 27.6. The second-order valence-electron chi connectivity index (χ2n) is 6.58. The first kappa shape index (κ1) is 15.2. The summed E-state index contributed by atoms with van der Waals surface area (Å²) >= 11 is 1.96. The Morgan fingerprint density at radius 1 is 1.33 bits per heavy atom. The monoisotopic (exact) mass is 306 g/mol. The van der Waals surface area contributed by atoms with E-state index in [0.717, 1.165) is 43.9 Å². The molecule has 0 spiro atoms. The number of fused-ring (bicyclic) bond motifs is 1. The third-order valence-electron chi connectivity index (χ3n) is 4.86. The van der Waals surface area contributed by atoms with Crippen LogP contribution in [0.4, 0.5) is 0 Å². The largest absolute Gasteiger partial charge is 0.385 e. The van der Waals surface area contributed by atoms with Crippen LogP contribution in [0.25, 0.3) is 0 Å². The van der Waals surface area contributed by atoms with E-state index in [1.165, 1.54) is 11.1 Å². The Morgan fingerprint density at radius 2 is 2.10 bits per heavy atom. The van der Waals surface area contributed by atoms with E-state index in [1.807, 2.05) is 11.8 Å². The number of thioether (sulfide) groups is 1. The number of rotatable bonds is 4. The number of allylic oxidation sites excluding steroid dienone is 2. The van der Waals surface area contributed by atoms with Gasteiger partial charge in [-0.15, -0.1) is 0 Å². The van der Waals surface area contributed by atoms with E-state index in [1.54, 1.807) is 0 Å². The molecule has 3 rings (SSSR count). The van der Waals surface area contributed by atoms with Gasteiger partial charge in [0.05, 0.1) is 11.6 Å². The van der Waals surface area contributed by atoms with Crippen LogP contribution >= 0.6 is 11.8 Å². The lowest BCUT2D eigenvalue weighted by molar-refractivity contribution is 0.0630. The summed E-state index contributed by atoms with van der Waals surface area (Å²) in [6.45, 7) is 2.11. The Labute approximate surface area is 132 Å². The van der Waals surface area contributed by atoms with Crippen molar-refractivity contribution < 1.29 is 5.11 Å². The number of likely N-dealkylation sites (N-methyl/N-ethyl adjacent to an activating group) is 1. The molecule has 0 radical (unpaired) electrons. The van der Waals surface area contributed by atoms with Gasteiger partial charge in [0.1, 0.15) is 0 Å². The SMILES string of the molecule is CN(C)CCN1C=CC2=CC=C(C3(O)CCSCC3)CC21. The molecule has 0 bridgehead atoms. The predicted octanol–water partition coefficient (Wildman–Crippen LogP) is 2.26. The first-order valence-corrected chi connectivity index (χ1v) is 9.04. The second-order valence-corrected chi connectivity index (χ2v) is 7.80. The zero-order valence-electron chi connectivity index (χ0n) is 13.1. The minimum atomic E-state index is -0.552. The van der Waals surface area contributed by atoms with Gasteiger partial charge in [-0.1, -0.05) is 12.2 Å². The van der Waals surface area contributed by atoms with Gasteiger partial charge < -0.3 is 14.9 Å². The van der Waals surface area contributed by atoms with Gasteiger partial charge in [-0.05, 0) is 62.1 Å². The Morgan fingerprint density at radius 3 is 2.81 bits per heavy atom. The maximum atomic E-state index is 11.0. The van der Waals surface area contributed by atoms with Gasteiger partial charge in [0.15, 0.2) is 0 Å². The lowest BCUT2D eigenvalue weighted by atomic mass is 9.80. The zero-order valence-corrected chi connectivity index (χ0v) is 13.9. The fourth-order valence-corrected chi connectivity index (χ4v) is 4.55. The summed E-state index contributed by atoms with van der Waals surface area (Å²) < 4.78 is 0. The van der Waals surface area contributed by atoms with Crippen LogP contribution in [0.15, 0.2) is 35.6 Å². The third-order valence-corrected chi connectivity index (χ3v) is 5.84. The van der Waals surface area contributed by atoms with Crippen molar-refractivity contribution >= 4 is 11.8 Å². The molecule has 0 saturated carbocycles. The average molecular weight is 306 g/mol. The summed E-state index contributed by atoms with van der Waals surface area (Å²) in [5.41, 5.74) is 2.09. The molecular formula is C17H26N2OS. The topological polar surface area (TPSA) is 26.7 Å². The van der Waals surface area contributed by atoms with Crippen LogP contribution in [0, 0.1) is 0 Å². The van der Waals surface area contributed by atoms with E-state index < -0.39 is 5.60 Å². The maximum Gasteiger partial charge on any atom is 0.0876 e. The van der Waals surface area contributed by atoms with Crippen molar-refractivity contribution in [1.29, 1.82) is 0 Å². The van der Waals surface area contributed by atoms with E-state index in [0.29, 0.717) is 6.04 Å². The molecule has 1 atom stereocenters. The molecule has 1 saturated heterocycles. The molecule has 1 aliphatic carbocycles. The standard InChI is InChI=1S/C17H26N2OS/c1-18(2)9-10-19-8-5-14-3-4-15(13-16(14)19)17(20)6-11-21-12-7-17/h3-5,8,16,20H,6-7,9-13H2,1-2H3. The van der Waals surface area contributed by atoms with Crippen LogP contribution in [-0.4, -0.2) is 65.2 Å². The Balaban J connectivity index is 1.70. The van der Waals surface area contributed by atoms with Gasteiger partial charge in [0.2, 0.25) is 0 Å².